The molecule has 25 heavy (non-hydrogen) atoms. The Morgan fingerprint density at radius 3 is 2.72 bits per heavy atom. The number of rotatable bonds is 6. The molecule has 1 amide bonds. The van der Waals surface area contributed by atoms with Crippen LogP contribution in [0.2, 0.25) is 0 Å². The van der Waals surface area contributed by atoms with Crippen LogP contribution >= 0.6 is 11.3 Å². The number of amides is 1. The summed E-state index contributed by atoms with van der Waals surface area (Å²) in [5.41, 5.74) is 2.46. The highest BCUT2D eigenvalue weighted by atomic mass is 32.1. The van der Waals surface area contributed by atoms with Gasteiger partial charge in [0.2, 0.25) is 5.91 Å². The maximum atomic E-state index is 13.0. The number of ether oxygens (including phenoxy) is 1. The standard InChI is InChI=1S/C19H17FN2O2S/c1-24-17-5-3-2-4-14(17)11-21-18(23)10-16-12-25-19(22-16)13-6-8-15(20)9-7-13/h2-9,12H,10-11H2,1H3,(H,21,23). The zero-order valence-corrected chi connectivity index (χ0v) is 14.5. The number of methoxy groups -OCH3 is 1. The molecule has 3 aromatic rings. The van der Waals surface area contributed by atoms with Gasteiger partial charge in [-0.1, -0.05) is 18.2 Å². The van der Waals surface area contributed by atoms with E-state index < -0.39 is 0 Å². The Morgan fingerprint density at radius 2 is 1.96 bits per heavy atom. The van der Waals surface area contributed by atoms with E-state index in [1.54, 1.807) is 19.2 Å². The van der Waals surface area contributed by atoms with Gasteiger partial charge in [0.05, 0.1) is 19.2 Å². The van der Waals surface area contributed by atoms with E-state index in [9.17, 15) is 9.18 Å². The molecule has 0 aliphatic carbocycles. The normalized spacial score (nSPS) is 10.5. The van der Waals surface area contributed by atoms with Crippen LogP contribution in [0, 0.1) is 5.82 Å². The highest BCUT2D eigenvalue weighted by Crippen LogP contribution is 2.24. The molecule has 0 fully saturated rings. The van der Waals surface area contributed by atoms with Crippen molar-refractivity contribution in [3.63, 3.8) is 0 Å². The Labute approximate surface area is 149 Å². The largest absolute Gasteiger partial charge is 0.496 e. The van der Waals surface area contributed by atoms with Gasteiger partial charge in [-0.15, -0.1) is 11.3 Å². The quantitative estimate of drug-likeness (QED) is 0.731. The molecule has 0 radical (unpaired) electrons. The number of carbonyl (C=O) groups excluding carboxylic acids is 1. The molecule has 2 aromatic carbocycles. The molecule has 1 heterocycles. The number of hydrogen-bond acceptors (Lipinski definition) is 4. The van der Waals surface area contributed by atoms with Crippen molar-refractivity contribution in [3.05, 3.63) is 71.0 Å². The number of para-hydroxylation sites is 1. The monoisotopic (exact) mass is 356 g/mol. The Morgan fingerprint density at radius 1 is 1.20 bits per heavy atom. The van der Waals surface area contributed by atoms with Crippen LogP contribution in [0.3, 0.4) is 0 Å². The minimum atomic E-state index is -0.281. The highest BCUT2D eigenvalue weighted by Gasteiger charge is 2.10. The van der Waals surface area contributed by atoms with Gasteiger partial charge in [0.15, 0.2) is 0 Å². The number of carbonyl (C=O) groups is 1. The van der Waals surface area contributed by atoms with E-state index in [2.05, 4.69) is 10.3 Å². The van der Waals surface area contributed by atoms with Crippen LogP contribution < -0.4 is 10.1 Å². The summed E-state index contributed by atoms with van der Waals surface area (Å²) < 4.78 is 18.2. The van der Waals surface area contributed by atoms with Crippen molar-refractivity contribution in [1.82, 2.24) is 10.3 Å². The van der Waals surface area contributed by atoms with Crippen LogP contribution in [-0.4, -0.2) is 18.0 Å². The second kappa shape index (κ2) is 7.90. The fourth-order valence-electron chi connectivity index (χ4n) is 2.38. The van der Waals surface area contributed by atoms with Gasteiger partial charge >= 0.3 is 0 Å². The van der Waals surface area contributed by atoms with Crippen LogP contribution in [0.1, 0.15) is 11.3 Å². The first-order valence-electron chi connectivity index (χ1n) is 7.74. The van der Waals surface area contributed by atoms with Gasteiger partial charge in [-0.05, 0) is 30.3 Å². The second-order valence-corrected chi connectivity index (χ2v) is 6.27. The predicted molar refractivity (Wildman–Crippen MR) is 96.1 cm³/mol. The minimum absolute atomic E-state index is 0.109. The predicted octanol–water partition coefficient (Wildman–Crippen LogP) is 3.82. The van der Waals surface area contributed by atoms with Crippen molar-refractivity contribution in [3.8, 4) is 16.3 Å². The van der Waals surface area contributed by atoms with Gasteiger partial charge < -0.3 is 10.1 Å². The van der Waals surface area contributed by atoms with Crippen LogP contribution in [0.5, 0.6) is 5.75 Å². The van der Waals surface area contributed by atoms with Crippen molar-refractivity contribution in [2.24, 2.45) is 0 Å². The molecule has 0 unspecified atom stereocenters. The zero-order valence-electron chi connectivity index (χ0n) is 13.7. The lowest BCUT2D eigenvalue weighted by molar-refractivity contribution is -0.120. The third-order valence-electron chi connectivity index (χ3n) is 3.65. The molecule has 128 valence electrons. The summed E-state index contributed by atoms with van der Waals surface area (Å²) in [5.74, 6) is 0.355. The third-order valence-corrected chi connectivity index (χ3v) is 4.59. The molecule has 1 aromatic heterocycles. The Hall–Kier alpha value is -2.73. The number of thiazole rings is 1. The Balaban J connectivity index is 1.59. The summed E-state index contributed by atoms with van der Waals surface area (Å²) in [7, 11) is 1.60. The van der Waals surface area contributed by atoms with E-state index >= 15 is 0 Å². The van der Waals surface area contributed by atoms with E-state index in [0.717, 1.165) is 21.9 Å². The average molecular weight is 356 g/mol. The van der Waals surface area contributed by atoms with Crippen LogP contribution in [0.4, 0.5) is 4.39 Å². The molecule has 0 aliphatic rings. The van der Waals surface area contributed by atoms with Crippen LogP contribution in [0.25, 0.3) is 10.6 Å². The number of nitrogens with one attached hydrogen (secondary N) is 1. The van der Waals surface area contributed by atoms with Crippen LogP contribution in [0.15, 0.2) is 53.9 Å². The van der Waals surface area contributed by atoms with Gasteiger partial charge in [-0.3, -0.25) is 4.79 Å². The topological polar surface area (TPSA) is 51.2 Å². The van der Waals surface area contributed by atoms with E-state index in [4.69, 9.17) is 4.74 Å². The lowest BCUT2D eigenvalue weighted by Crippen LogP contribution is -2.24. The van der Waals surface area contributed by atoms with E-state index in [-0.39, 0.29) is 18.1 Å². The van der Waals surface area contributed by atoms with Crippen molar-refractivity contribution >= 4 is 17.2 Å². The molecule has 0 aliphatic heterocycles. The molecule has 3 rings (SSSR count). The smallest absolute Gasteiger partial charge is 0.226 e. The summed E-state index contributed by atoms with van der Waals surface area (Å²) in [4.78, 5) is 16.6. The maximum absolute atomic E-state index is 13.0. The Kier molecular flexibility index (Phi) is 5.40. The number of hydrogen-bond donors (Lipinski definition) is 1. The van der Waals surface area contributed by atoms with Gasteiger partial charge in [0.25, 0.3) is 0 Å². The SMILES string of the molecule is COc1ccccc1CNC(=O)Cc1csc(-c2ccc(F)cc2)n1. The number of halogens is 1. The van der Waals surface area contributed by atoms with Gasteiger partial charge in [0, 0.05) is 23.1 Å². The molecule has 0 saturated heterocycles. The zero-order chi connectivity index (χ0) is 17.6. The Bertz CT molecular complexity index is 862. The number of nitrogens with zero attached hydrogens (tertiary/aromatic N) is 1. The summed E-state index contributed by atoms with van der Waals surface area (Å²) in [6.07, 6.45) is 0.201. The summed E-state index contributed by atoms with van der Waals surface area (Å²) in [6, 6.07) is 13.7. The first kappa shape index (κ1) is 17.1. The fraction of sp³-hybridized carbons (Fsp3) is 0.158. The van der Waals surface area contributed by atoms with Crippen molar-refractivity contribution in [2.45, 2.75) is 13.0 Å². The lowest BCUT2D eigenvalue weighted by Gasteiger charge is -2.09. The minimum Gasteiger partial charge on any atom is -0.496 e. The third kappa shape index (κ3) is 4.42. The molecule has 1 N–H and O–H groups in total. The van der Waals surface area contributed by atoms with Crippen molar-refractivity contribution < 1.29 is 13.9 Å². The summed E-state index contributed by atoms with van der Waals surface area (Å²) in [5, 5.41) is 5.49. The lowest BCUT2D eigenvalue weighted by atomic mass is 10.2. The molecule has 4 nitrogen and oxygen atoms in total. The van der Waals surface area contributed by atoms with Crippen LogP contribution in [-0.2, 0) is 17.8 Å². The maximum Gasteiger partial charge on any atom is 0.226 e. The summed E-state index contributed by atoms with van der Waals surface area (Å²) >= 11 is 1.44. The first-order chi connectivity index (χ1) is 12.2. The summed E-state index contributed by atoms with van der Waals surface area (Å²) in [6.45, 7) is 0.401. The molecule has 0 saturated carbocycles. The first-order valence-corrected chi connectivity index (χ1v) is 8.62. The number of benzene rings is 2. The van der Waals surface area contributed by atoms with Gasteiger partial charge in [-0.25, -0.2) is 9.37 Å². The fourth-order valence-corrected chi connectivity index (χ4v) is 3.21. The number of aromatic nitrogens is 1. The van der Waals surface area contributed by atoms with E-state index in [0.29, 0.717) is 12.2 Å². The molecule has 6 heteroatoms. The van der Waals surface area contributed by atoms with Gasteiger partial charge in [0.1, 0.15) is 16.6 Å². The molecular weight excluding hydrogens is 339 g/mol. The van der Waals surface area contributed by atoms with Gasteiger partial charge in [-0.2, -0.15) is 0 Å². The van der Waals surface area contributed by atoms with E-state index in [1.165, 1.54) is 23.5 Å². The second-order valence-electron chi connectivity index (χ2n) is 5.42. The molecular formula is C19H17FN2O2S. The average Bonchev–Trinajstić information content (AvgIpc) is 3.09. The van der Waals surface area contributed by atoms with Crippen molar-refractivity contribution in [1.29, 1.82) is 0 Å². The molecule has 0 atom stereocenters. The van der Waals surface area contributed by atoms with E-state index in [1.807, 2.05) is 29.6 Å². The highest BCUT2D eigenvalue weighted by molar-refractivity contribution is 7.13. The molecule has 0 spiro atoms. The molecule has 0 bridgehead atoms. The van der Waals surface area contributed by atoms with Crippen molar-refractivity contribution in [2.75, 3.05) is 7.11 Å².